The molecule has 0 bridgehead atoms. The van der Waals surface area contributed by atoms with Crippen molar-refractivity contribution >= 4 is 11.7 Å². The molecule has 4 heteroatoms. The minimum absolute atomic E-state index is 0.339. The van der Waals surface area contributed by atoms with Gasteiger partial charge in [0.15, 0.2) is 5.41 Å². The predicted octanol–water partition coefficient (Wildman–Crippen LogP) is 5.33. The van der Waals surface area contributed by atoms with E-state index in [0.29, 0.717) is 0 Å². The Labute approximate surface area is 176 Å². The highest BCUT2D eigenvalue weighted by Gasteiger charge is 2.51. The maximum Gasteiger partial charge on any atom is 0.324 e. The normalized spacial score (nSPS) is 13.8. The van der Waals surface area contributed by atoms with Crippen LogP contribution >= 0.6 is 0 Å². The summed E-state index contributed by atoms with van der Waals surface area (Å²) in [7, 11) is 1.44. The lowest BCUT2D eigenvalue weighted by Crippen LogP contribution is -2.47. The third-order valence-electron chi connectivity index (χ3n) is 5.41. The summed E-state index contributed by atoms with van der Waals surface area (Å²) >= 11 is 0. The summed E-state index contributed by atoms with van der Waals surface area (Å²) in [6.45, 7) is 0. The molecule has 0 saturated heterocycles. The van der Waals surface area contributed by atoms with E-state index in [-0.39, 0.29) is 5.97 Å². The summed E-state index contributed by atoms with van der Waals surface area (Å²) in [5.41, 5.74) is 2.37. The number of carbonyl (C=O) groups excluding carboxylic acids is 1. The van der Waals surface area contributed by atoms with Crippen molar-refractivity contribution in [2.45, 2.75) is 11.5 Å². The first kappa shape index (κ1) is 19.5. The molecule has 4 rings (SSSR count). The molecular weight excluding hydrogens is 372 g/mol. The third kappa shape index (κ3) is 3.48. The Hall–Kier alpha value is -3.79. The van der Waals surface area contributed by atoms with Crippen molar-refractivity contribution in [3.05, 3.63) is 126 Å². The molecule has 0 fully saturated rings. The van der Waals surface area contributed by atoms with E-state index in [0.717, 1.165) is 22.5 Å². The van der Waals surface area contributed by atoms with Gasteiger partial charge in [-0.1, -0.05) is 78.9 Å². The second kappa shape index (κ2) is 8.70. The second-order valence-corrected chi connectivity index (χ2v) is 7.10. The number of aromatic amines is 1. The number of methoxy groups -OCH3 is 1. The topological polar surface area (TPSA) is 54.1 Å². The Morgan fingerprint density at radius 1 is 0.833 bits per heavy atom. The Kier molecular flexibility index (Phi) is 5.66. The van der Waals surface area contributed by atoms with Crippen molar-refractivity contribution in [2.75, 3.05) is 12.4 Å². The molecule has 1 heterocycles. The monoisotopic (exact) mass is 396 g/mol. The van der Waals surface area contributed by atoms with Crippen molar-refractivity contribution in [3.8, 4) is 0 Å². The second-order valence-electron chi connectivity index (χ2n) is 7.10. The summed E-state index contributed by atoms with van der Waals surface area (Å²) in [6.07, 6.45) is 1.83. The fraction of sp³-hybridized carbons (Fsp3) is 0.115. The molecule has 0 radical (unpaired) electrons. The summed E-state index contributed by atoms with van der Waals surface area (Å²) < 4.78 is 5.44. The lowest BCUT2D eigenvalue weighted by molar-refractivity contribution is -0.146. The summed E-state index contributed by atoms with van der Waals surface area (Å²) in [5, 5.41) is 3.62. The van der Waals surface area contributed by atoms with E-state index in [1.54, 1.807) is 0 Å². The average molecular weight is 396 g/mol. The summed E-state index contributed by atoms with van der Waals surface area (Å²) in [5.74, 6) is -0.339. The molecule has 0 amide bonds. The number of hydrogen-bond acceptors (Lipinski definition) is 3. The molecule has 2 atom stereocenters. The lowest BCUT2D eigenvalue weighted by atomic mass is 9.69. The van der Waals surface area contributed by atoms with Crippen molar-refractivity contribution < 1.29 is 9.53 Å². The number of hydrogen-bond donors (Lipinski definition) is 2. The SMILES string of the molecule is COC(=O)[C@@](c1ccccc1)(c1ccc[nH]1)[C@@H](Nc1ccccc1)c1ccccc1. The van der Waals surface area contributed by atoms with Gasteiger partial charge in [0.05, 0.1) is 13.2 Å². The molecule has 30 heavy (non-hydrogen) atoms. The lowest BCUT2D eigenvalue weighted by Gasteiger charge is -2.39. The molecule has 4 nitrogen and oxygen atoms in total. The van der Waals surface area contributed by atoms with Gasteiger partial charge in [-0.05, 0) is 35.4 Å². The molecule has 0 aliphatic rings. The van der Waals surface area contributed by atoms with E-state index >= 15 is 0 Å². The van der Waals surface area contributed by atoms with Crippen molar-refractivity contribution in [1.82, 2.24) is 4.98 Å². The van der Waals surface area contributed by atoms with Crippen LogP contribution in [0.5, 0.6) is 0 Å². The van der Waals surface area contributed by atoms with Crippen LogP contribution in [0.2, 0.25) is 0 Å². The Morgan fingerprint density at radius 2 is 1.43 bits per heavy atom. The number of benzene rings is 3. The minimum atomic E-state index is -1.13. The molecule has 2 N–H and O–H groups in total. The van der Waals surface area contributed by atoms with E-state index in [2.05, 4.69) is 10.3 Å². The zero-order valence-corrected chi connectivity index (χ0v) is 16.8. The fourth-order valence-corrected chi connectivity index (χ4v) is 4.05. The first-order valence-electron chi connectivity index (χ1n) is 9.91. The Bertz CT molecular complexity index is 1060. The van der Waals surface area contributed by atoms with Crippen LogP contribution in [0.1, 0.15) is 22.9 Å². The van der Waals surface area contributed by atoms with Crippen LogP contribution in [0.4, 0.5) is 5.69 Å². The van der Waals surface area contributed by atoms with Crippen LogP contribution in [0.15, 0.2) is 109 Å². The highest BCUT2D eigenvalue weighted by molar-refractivity contribution is 5.89. The molecule has 0 spiro atoms. The van der Waals surface area contributed by atoms with Gasteiger partial charge in [0, 0.05) is 17.6 Å². The van der Waals surface area contributed by atoms with E-state index < -0.39 is 11.5 Å². The summed E-state index contributed by atoms with van der Waals surface area (Å²) in [4.78, 5) is 16.9. The molecular formula is C26H24N2O2. The van der Waals surface area contributed by atoms with Crippen molar-refractivity contribution in [3.63, 3.8) is 0 Å². The van der Waals surface area contributed by atoms with Crippen LogP contribution in [0.3, 0.4) is 0 Å². The molecule has 0 aliphatic carbocycles. The van der Waals surface area contributed by atoms with Gasteiger partial charge in [-0.15, -0.1) is 0 Å². The molecule has 1 aromatic heterocycles. The van der Waals surface area contributed by atoms with Gasteiger partial charge < -0.3 is 15.0 Å². The number of esters is 1. The van der Waals surface area contributed by atoms with Gasteiger partial charge in [0.1, 0.15) is 0 Å². The number of carbonyl (C=O) groups is 1. The number of anilines is 1. The zero-order chi connectivity index (χ0) is 20.8. The fourth-order valence-electron chi connectivity index (χ4n) is 4.05. The highest BCUT2D eigenvalue weighted by atomic mass is 16.5. The standard InChI is InChI=1S/C26H24N2O2/c1-30-25(29)26(23-18-11-19-27-23,21-14-7-3-8-15-21)24(20-12-5-2-6-13-20)28-22-16-9-4-10-17-22/h2-19,24,27-28H,1H3/t24-,26-/m0/s1. The van der Waals surface area contributed by atoms with Crippen LogP contribution in [-0.4, -0.2) is 18.1 Å². The Balaban J connectivity index is 2.01. The minimum Gasteiger partial charge on any atom is -0.468 e. The number of para-hydroxylation sites is 1. The molecule has 3 aromatic carbocycles. The van der Waals surface area contributed by atoms with Crippen molar-refractivity contribution in [2.24, 2.45) is 0 Å². The average Bonchev–Trinajstić information content (AvgIpc) is 3.36. The smallest absolute Gasteiger partial charge is 0.324 e. The van der Waals surface area contributed by atoms with Gasteiger partial charge in [-0.3, -0.25) is 4.79 Å². The summed E-state index contributed by atoms with van der Waals surface area (Å²) in [6, 6.07) is 33.1. The maximum absolute atomic E-state index is 13.7. The number of H-pyrrole nitrogens is 1. The number of nitrogens with one attached hydrogen (secondary N) is 2. The molecule has 4 aromatic rings. The van der Waals surface area contributed by atoms with E-state index in [1.165, 1.54) is 7.11 Å². The van der Waals surface area contributed by atoms with E-state index in [9.17, 15) is 4.79 Å². The van der Waals surface area contributed by atoms with Crippen LogP contribution in [0, 0.1) is 0 Å². The first-order valence-corrected chi connectivity index (χ1v) is 9.91. The largest absolute Gasteiger partial charge is 0.468 e. The van der Waals surface area contributed by atoms with Gasteiger partial charge in [-0.2, -0.15) is 0 Å². The van der Waals surface area contributed by atoms with Gasteiger partial charge in [0.2, 0.25) is 0 Å². The molecule has 0 saturated carbocycles. The predicted molar refractivity (Wildman–Crippen MR) is 119 cm³/mol. The Morgan fingerprint density at radius 3 is 2.00 bits per heavy atom. The zero-order valence-electron chi connectivity index (χ0n) is 16.8. The van der Waals surface area contributed by atoms with Crippen LogP contribution < -0.4 is 5.32 Å². The van der Waals surface area contributed by atoms with Gasteiger partial charge in [-0.25, -0.2) is 0 Å². The number of ether oxygens (including phenoxy) is 1. The van der Waals surface area contributed by atoms with Crippen LogP contribution in [0.25, 0.3) is 0 Å². The quantitative estimate of drug-likeness (QED) is 0.415. The molecule has 0 aliphatic heterocycles. The third-order valence-corrected chi connectivity index (χ3v) is 5.41. The van der Waals surface area contributed by atoms with E-state index in [4.69, 9.17) is 4.74 Å². The first-order chi connectivity index (χ1) is 14.8. The highest BCUT2D eigenvalue weighted by Crippen LogP contribution is 2.45. The number of aromatic nitrogens is 1. The molecule has 150 valence electrons. The molecule has 0 unspecified atom stereocenters. The van der Waals surface area contributed by atoms with Crippen LogP contribution in [-0.2, 0) is 14.9 Å². The number of rotatable bonds is 7. The van der Waals surface area contributed by atoms with Gasteiger partial charge in [0.25, 0.3) is 0 Å². The van der Waals surface area contributed by atoms with E-state index in [1.807, 2.05) is 109 Å². The van der Waals surface area contributed by atoms with Gasteiger partial charge >= 0.3 is 5.97 Å². The maximum atomic E-state index is 13.7. The van der Waals surface area contributed by atoms with Crippen molar-refractivity contribution in [1.29, 1.82) is 0 Å².